The number of benzene rings is 3. The molecule has 5 nitrogen and oxygen atoms in total. The fourth-order valence-electron chi connectivity index (χ4n) is 3.88. The Morgan fingerprint density at radius 3 is 2.57 bits per heavy atom. The number of aliphatic carboxylic acids is 1. The van der Waals surface area contributed by atoms with Crippen LogP contribution >= 0.6 is 11.6 Å². The van der Waals surface area contributed by atoms with Gasteiger partial charge < -0.3 is 14.7 Å². The van der Waals surface area contributed by atoms with Crippen molar-refractivity contribution in [3.8, 4) is 5.75 Å². The summed E-state index contributed by atoms with van der Waals surface area (Å²) in [5.41, 5.74) is 2.36. The van der Waals surface area contributed by atoms with Crippen LogP contribution < -0.4 is 9.64 Å². The first-order chi connectivity index (χ1) is 14.3. The third-order valence-electron chi connectivity index (χ3n) is 5.20. The molecule has 0 aliphatic carbocycles. The number of carboxylic acid groups (broad SMARTS) is 1. The van der Waals surface area contributed by atoms with E-state index >= 15 is 0 Å². The van der Waals surface area contributed by atoms with Gasteiger partial charge in [0.1, 0.15) is 5.75 Å². The Bertz CT molecular complexity index is 1200. The third kappa shape index (κ3) is 3.35. The Labute approximate surface area is 175 Å². The monoisotopic (exact) mass is 431 g/mol. The van der Waals surface area contributed by atoms with E-state index in [0.29, 0.717) is 22.2 Å². The molecule has 0 saturated heterocycles. The number of aryl methyl sites for hydroxylation is 1. The van der Waals surface area contributed by atoms with Crippen LogP contribution in [0.5, 0.6) is 5.75 Å². The smallest absolute Gasteiger partial charge is 0.387 e. The number of alkyl halides is 2. The SMILES string of the molecule is Cc1c2c(c(OC(F)F)c3ccccc13)C(=O)N(c1ccc(CC(=O)O)cc1Cl)C2. The highest BCUT2D eigenvalue weighted by Gasteiger charge is 2.36. The van der Waals surface area contributed by atoms with Crippen LogP contribution in [0.4, 0.5) is 14.5 Å². The van der Waals surface area contributed by atoms with Gasteiger partial charge in [-0.15, -0.1) is 0 Å². The zero-order valence-electron chi connectivity index (χ0n) is 15.8. The molecule has 1 aliphatic rings. The van der Waals surface area contributed by atoms with E-state index in [0.717, 1.165) is 10.9 Å². The highest BCUT2D eigenvalue weighted by molar-refractivity contribution is 6.34. The summed E-state index contributed by atoms with van der Waals surface area (Å²) in [5.74, 6) is -1.64. The van der Waals surface area contributed by atoms with Gasteiger partial charge in [0, 0.05) is 5.39 Å². The lowest BCUT2D eigenvalue weighted by atomic mass is 9.95. The lowest BCUT2D eigenvalue weighted by Gasteiger charge is -2.18. The van der Waals surface area contributed by atoms with Crippen molar-refractivity contribution in [3.05, 3.63) is 69.7 Å². The molecule has 0 aromatic heterocycles. The molecule has 1 amide bonds. The number of carbonyl (C=O) groups is 2. The maximum absolute atomic E-state index is 13.3. The lowest BCUT2D eigenvalue weighted by molar-refractivity contribution is -0.136. The standard InChI is InChI=1S/C22H16ClF2NO4/c1-11-13-4-2-3-5-14(13)20(30-22(24)25)19-15(11)10-26(21(19)29)17-7-6-12(8-16(17)23)9-18(27)28/h2-8,22H,9-10H2,1H3,(H,27,28). The van der Waals surface area contributed by atoms with Crippen LogP contribution in [-0.4, -0.2) is 23.6 Å². The average Bonchev–Trinajstić information content (AvgIpc) is 3.02. The van der Waals surface area contributed by atoms with Crippen LogP contribution in [0.3, 0.4) is 0 Å². The molecule has 4 rings (SSSR count). The van der Waals surface area contributed by atoms with E-state index in [2.05, 4.69) is 0 Å². The van der Waals surface area contributed by atoms with Crippen LogP contribution in [0.2, 0.25) is 5.02 Å². The van der Waals surface area contributed by atoms with E-state index in [1.165, 1.54) is 11.0 Å². The molecule has 1 N–H and O–H groups in total. The van der Waals surface area contributed by atoms with Gasteiger partial charge in [0.25, 0.3) is 5.91 Å². The summed E-state index contributed by atoms with van der Waals surface area (Å²) < 4.78 is 31.1. The van der Waals surface area contributed by atoms with Gasteiger partial charge in [0.2, 0.25) is 0 Å². The molecule has 1 aliphatic heterocycles. The predicted molar refractivity (Wildman–Crippen MR) is 109 cm³/mol. The van der Waals surface area contributed by atoms with Gasteiger partial charge in [-0.2, -0.15) is 8.78 Å². The quantitative estimate of drug-likeness (QED) is 0.603. The molecule has 3 aromatic carbocycles. The maximum Gasteiger partial charge on any atom is 0.387 e. The highest BCUT2D eigenvalue weighted by atomic mass is 35.5. The van der Waals surface area contributed by atoms with Gasteiger partial charge >= 0.3 is 12.6 Å². The Kier molecular flexibility index (Phi) is 5.07. The fraction of sp³-hybridized carbons (Fsp3) is 0.182. The molecule has 0 bridgehead atoms. The molecule has 0 radical (unpaired) electrons. The number of carbonyl (C=O) groups excluding carboxylic acids is 1. The minimum atomic E-state index is -3.08. The maximum atomic E-state index is 13.3. The molecule has 0 atom stereocenters. The molecule has 0 unspecified atom stereocenters. The van der Waals surface area contributed by atoms with Crippen LogP contribution in [0.25, 0.3) is 10.8 Å². The number of amides is 1. The second-order valence-corrected chi connectivity index (χ2v) is 7.39. The zero-order valence-corrected chi connectivity index (χ0v) is 16.5. The largest absolute Gasteiger partial charge is 0.481 e. The average molecular weight is 432 g/mol. The number of anilines is 1. The van der Waals surface area contributed by atoms with Crippen molar-refractivity contribution in [1.82, 2.24) is 0 Å². The summed E-state index contributed by atoms with van der Waals surface area (Å²) in [5, 5.41) is 10.3. The van der Waals surface area contributed by atoms with Crippen LogP contribution in [0, 0.1) is 6.92 Å². The first kappa shape index (κ1) is 20.1. The Morgan fingerprint density at radius 1 is 1.23 bits per heavy atom. The van der Waals surface area contributed by atoms with Crippen molar-refractivity contribution < 1.29 is 28.2 Å². The summed E-state index contributed by atoms with van der Waals surface area (Å²) in [4.78, 5) is 25.6. The van der Waals surface area contributed by atoms with E-state index < -0.39 is 18.5 Å². The summed E-state index contributed by atoms with van der Waals surface area (Å²) >= 11 is 6.33. The van der Waals surface area contributed by atoms with Crippen molar-refractivity contribution in [2.45, 2.75) is 26.5 Å². The number of halogens is 3. The molecule has 1 heterocycles. The predicted octanol–water partition coefficient (Wildman–Crippen LogP) is 5.19. The van der Waals surface area contributed by atoms with Crippen molar-refractivity contribution in [3.63, 3.8) is 0 Å². The van der Waals surface area contributed by atoms with E-state index in [1.807, 2.05) is 6.92 Å². The zero-order chi connectivity index (χ0) is 21.6. The first-order valence-electron chi connectivity index (χ1n) is 9.09. The number of nitrogens with zero attached hydrogens (tertiary/aromatic N) is 1. The topological polar surface area (TPSA) is 66.8 Å². The normalized spacial score (nSPS) is 13.2. The van der Waals surface area contributed by atoms with Crippen LogP contribution in [0.1, 0.15) is 27.0 Å². The Hall–Kier alpha value is -3.19. The summed E-state index contributed by atoms with van der Waals surface area (Å²) in [7, 11) is 0. The second-order valence-electron chi connectivity index (χ2n) is 6.98. The number of ether oxygens (including phenoxy) is 1. The first-order valence-corrected chi connectivity index (χ1v) is 9.46. The van der Waals surface area contributed by atoms with Crippen LogP contribution in [0.15, 0.2) is 42.5 Å². The van der Waals surface area contributed by atoms with E-state index in [4.69, 9.17) is 21.4 Å². The minimum absolute atomic E-state index is 0.0946. The Balaban J connectivity index is 1.84. The highest BCUT2D eigenvalue weighted by Crippen LogP contribution is 2.43. The number of hydrogen-bond donors (Lipinski definition) is 1. The van der Waals surface area contributed by atoms with Gasteiger partial charge in [-0.25, -0.2) is 0 Å². The summed E-state index contributed by atoms with van der Waals surface area (Å²) in [6.07, 6.45) is -0.203. The van der Waals surface area contributed by atoms with Crippen molar-refractivity contribution in [2.24, 2.45) is 0 Å². The molecule has 3 aromatic rings. The molecule has 30 heavy (non-hydrogen) atoms. The number of rotatable bonds is 5. The molecular formula is C22H16ClF2NO4. The minimum Gasteiger partial charge on any atom is -0.481 e. The van der Waals surface area contributed by atoms with E-state index in [1.54, 1.807) is 36.4 Å². The fourth-order valence-corrected chi connectivity index (χ4v) is 4.18. The van der Waals surface area contributed by atoms with E-state index in [9.17, 15) is 18.4 Å². The molecule has 0 spiro atoms. The van der Waals surface area contributed by atoms with Gasteiger partial charge in [0.15, 0.2) is 0 Å². The van der Waals surface area contributed by atoms with Crippen molar-refractivity contribution >= 4 is 39.9 Å². The van der Waals surface area contributed by atoms with Gasteiger partial charge in [-0.1, -0.05) is 41.9 Å². The summed E-state index contributed by atoms with van der Waals surface area (Å²) in [6, 6.07) is 11.6. The molecule has 154 valence electrons. The second kappa shape index (κ2) is 7.57. The molecule has 0 saturated carbocycles. The van der Waals surface area contributed by atoms with Gasteiger partial charge in [-0.05, 0) is 41.1 Å². The number of carboxylic acids is 1. The van der Waals surface area contributed by atoms with Crippen LogP contribution in [-0.2, 0) is 17.8 Å². The van der Waals surface area contributed by atoms with Crippen molar-refractivity contribution in [2.75, 3.05) is 4.90 Å². The molecule has 0 fully saturated rings. The van der Waals surface area contributed by atoms with Gasteiger partial charge in [0.05, 0.1) is 29.2 Å². The van der Waals surface area contributed by atoms with E-state index in [-0.39, 0.29) is 29.3 Å². The molecular weight excluding hydrogens is 416 g/mol. The van der Waals surface area contributed by atoms with Gasteiger partial charge in [-0.3, -0.25) is 9.59 Å². The van der Waals surface area contributed by atoms with Crippen molar-refractivity contribution in [1.29, 1.82) is 0 Å². The Morgan fingerprint density at radius 2 is 1.93 bits per heavy atom. The lowest BCUT2D eigenvalue weighted by Crippen LogP contribution is -2.24. The molecule has 8 heteroatoms. The summed E-state index contributed by atoms with van der Waals surface area (Å²) in [6.45, 7) is -1.11. The number of fused-ring (bicyclic) bond motifs is 2. The third-order valence-corrected chi connectivity index (χ3v) is 5.50. The number of hydrogen-bond acceptors (Lipinski definition) is 3.